The zero-order chi connectivity index (χ0) is 18.7. The van der Waals surface area contributed by atoms with Crippen molar-refractivity contribution in [3.8, 4) is 17.2 Å². The molecule has 1 aliphatic heterocycles. The first-order valence-corrected chi connectivity index (χ1v) is 10.1. The molecule has 1 amide bonds. The van der Waals surface area contributed by atoms with Crippen LogP contribution in [0.1, 0.15) is 18.7 Å². The van der Waals surface area contributed by atoms with Gasteiger partial charge in [-0.3, -0.25) is 4.79 Å². The number of aryl methyl sites for hydroxylation is 1. The molecule has 1 atom stereocenters. The molecule has 0 saturated carbocycles. The number of methoxy groups -OCH3 is 1. The van der Waals surface area contributed by atoms with Crippen molar-refractivity contribution in [1.82, 2.24) is 15.1 Å². The second-order valence-corrected chi connectivity index (χ2v) is 8.52. The minimum absolute atomic E-state index is 0.0391. The molecule has 0 aliphatic carbocycles. The predicted octanol–water partition coefficient (Wildman–Crippen LogP) is 1.32. The Morgan fingerprint density at radius 3 is 2.65 bits per heavy atom. The molecule has 26 heavy (non-hydrogen) atoms. The second kappa shape index (κ2) is 7.45. The number of hydrogen-bond acceptors (Lipinski definition) is 7. The lowest BCUT2D eigenvalue weighted by Gasteiger charge is -2.23. The van der Waals surface area contributed by atoms with Gasteiger partial charge in [-0.2, -0.15) is 0 Å². The fourth-order valence-corrected chi connectivity index (χ4v) is 4.65. The van der Waals surface area contributed by atoms with Crippen molar-refractivity contribution in [3.63, 3.8) is 0 Å². The normalized spacial score (nSPS) is 18.6. The van der Waals surface area contributed by atoms with Crippen LogP contribution in [-0.4, -0.2) is 61.1 Å². The number of carbonyl (C=O) groups excluding carboxylic acids is 1. The molecule has 0 radical (unpaired) electrons. The molecule has 0 N–H and O–H groups in total. The van der Waals surface area contributed by atoms with E-state index in [1.807, 2.05) is 12.1 Å². The molecule has 1 unspecified atom stereocenters. The summed E-state index contributed by atoms with van der Waals surface area (Å²) in [6, 6.07) is 6.98. The SMILES string of the molecule is COc1ccc(-c2nnc(CCC(=O)N(C)C3CCS(=O)(=O)C3)o2)cc1. The third kappa shape index (κ3) is 4.21. The van der Waals surface area contributed by atoms with Crippen LogP contribution in [0.5, 0.6) is 5.75 Å². The molecular formula is C17H21N3O5S. The molecule has 1 fully saturated rings. The fourth-order valence-electron chi connectivity index (χ4n) is 2.88. The molecule has 0 bridgehead atoms. The van der Waals surface area contributed by atoms with Crippen LogP contribution in [0, 0.1) is 0 Å². The summed E-state index contributed by atoms with van der Waals surface area (Å²) in [7, 11) is 0.218. The van der Waals surface area contributed by atoms with Crippen molar-refractivity contribution in [1.29, 1.82) is 0 Å². The van der Waals surface area contributed by atoms with Crippen LogP contribution >= 0.6 is 0 Å². The lowest BCUT2D eigenvalue weighted by molar-refractivity contribution is -0.131. The number of nitrogens with zero attached hydrogens (tertiary/aromatic N) is 3. The monoisotopic (exact) mass is 379 g/mol. The van der Waals surface area contributed by atoms with E-state index in [2.05, 4.69) is 10.2 Å². The zero-order valence-corrected chi connectivity index (χ0v) is 15.5. The van der Waals surface area contributed by atoms with Gasteiger partial charge in [0.05, 0.1) is 18.6 Å². The molecular weight excluding hydrogens is 358 g/mol. The van der Waals surface area contributed by atoms with Crippen molar-refractivity contribution in [2.24, 2.45) is 0 Å². The highest BCUT2D eigenvalue weighted by Crippen LogP contribution is 2.22. The minimum atomic E-state index is -3.02. The molecule has 1 saturated heterocycles. The molecule has 1 aromatic carbocycles. The van der Waals surface area contributed by atoms with Gasteiger partial charge in [0.1, 0.15) is 5.75 Å². The Bertz CT molecular complexity index is 876. The highest BCUT2D eigenvalue weighted by molar-refractivity contribution is 7.91. The Morgan fingerprint density at radius 1 is 1.31 bits per heavy atom. The van der Waals surface area contributed by atoms with Gasteiger partial charge in [-0.15, -0.1) is 10.2 Å². The summed E-state index contributed by atoms with van der Waals surface area (Å²) in [6.07, 6.45) is 0.996. The van der Waals surface area contributed by atoms with Crippen LogP contribution in [0.3, 0.4) is 0 Å². The van der Waals surface area contributed by atoms with E-state index in [1.165, 1.54) is 4.90 Å². The smallest absolute Gasteiger partial charge is 0.247 e. The lowest BCUT2D eigenvalue weighted by Crippen LogP contribution is -2.37. The number of rotatable bonds is 6. The highest BCUT2D eigenvalue weighted by Gasteiger charge is 2.32. The van der Waals surface area contributed by atoms with Crippen molar-refractivity contribution >= 4 is 15.7 Å². The number of amides is 1. The van der Waals surface area contributed by atoms with Crippen molar-refractivity contribution in [3.05, 3.63) is 30.2 Å². The summed E-state index contributed by atoms with van der Waals surface area (Å²) in [5.74, 6) is 1.54. The van der Waals surface area contributed by atoms with E-state index in [9.17, 15) is 13.2 Å². The number of carbonyl (C=O) groups is 1. The Hall–Kier alpha value is -2.42. The van der Waals surface area contributed by atoms with Crippen LogP contribution in [0.4, 0.5) is 0 Å². The van der Waals surface area contributed by atoms with Crippen molar-refractivity contribution < 1.29 is 22.4 Å². The van der Waals surface area contributed by atoms with Crippen LogP contribution in [0.25, 0.3) is 11.5 Å². The van der Waals surface area contributed by atoms with Crippen LogP contribution in [0.2, 0.25) is 0 Å². The average Bonchev–Trinajstić information content (AvgIpc) is 3.25. The van der Waals surface area contributed by atoms with Gasteiger partial charge in [0.25, 0.3) is 0 Å². The minimum Gasteiger partial charge on any atom is -0.497 e. The summed E-state index contributed by atoms with van der Waals surface area (Å²) in [4.78, 5) is 13.8. The molecule has 3 rings (SSSR count). The van der Waals surface area contributed by atoms with E-state index in [1.54, 1.807) is 26.3 Å². The van der Waals surface area contributed by atoms with Gasteiger partial charge in [-0.25, -0.2) is 8.42 Å². The first-order chi connectivity index (χ1) is 12.4. The number of benzene rings is 1. The van der Waals surface area contributed by atoms with Gasteiger partial charge >= 0.3 is 0 Å². The Kier molecular flexibility index (Phi) is 5.26. The van der Waals surface area contributed by atoms with Crippen LogP contribution < -0.4 is 4.74 Å². The van der Waals surface area contributed by atoms with Crippen molar-refractivity contribution in [2.45, 2.75) is 25.3 Å². The van der Waals surface area contributed by atoms with Gasteiger partial charge in [-0.05, 0) is 30.7 Å². The number of ether oxygens (including phenoxy) is 1. The van der Waals surface area contributed by atoms with Gasteiger partial charge in [-0.1, -0.05) is 0 Å². The third-order valence-electron chi connectivity index (χ3n) is 4.51. The van der Waals surface area contributed by atoms with Crippen LogP contribution in [0.15, 0.2) is 28.7 Å². The molecule has 1 aliphatic rings. The predicted molar refractivity (Wildman–Crippen MR) is 94.4 cm³/mol. The first kappa shape index (κ1) is 18.4. The Balaban J connectivity index is 1.56. The molecule has 0 spiro atoms. The van der Waals surface area contributed by atoms with E-state index in [0.29, 0.717) is 24.6 Å². The quantitative estimate of drug-likeness (QED) is 0.746. The van der Waals surface area contributed by atoms with Gasteiger partial charge in [0.2, 0.25) is 17.7 Å². The standard InChI is InChI=1S/C17H21N3O5S/c1-20(13-9-10-26(22,23)11-13)16(21)8-7-15-18-19-17(25-15)12-3-5-14(24-2)6-4-12/h3-6,13H,7-11H2,1-2H3. The first-order valence-electron chi connectivity index (χ1n) is 8.31. The molecule has 140 valence electrons. The number of aromatic nitrogens is 2. The Labute approximate surface area is 152 Å². The topological polar surface area (TPSA) is 103 Å². The van der Waals surface area contributed by atoms with Crippen molar-refractivity contribution in [2.75, 3.05) is 25.7 Å². The summed E-state index contributed by atoms with van der Waals surface area (Å²) in [6.45, 7) is 0. The summed E-state index contributed by atoms with van der Waals surface area (Å²) >= 11 is 0. The molecule has 9 heteroatoms. The van der Waals surface area contributed by atoms with E-state index >= 15 is 0 Å². The Morgan fingerprint density at radius 2 is 2.04 bits per heavy atom. The maximum atomic E-state index is 12.3. The van der Waals surface area contributed by atoms with Crippen LogP contribution in [-0.2, 0) is 21.1 Å². The fraction of sp³-hybridized carbons (Fsp3) is 0.471. The van der Waals surface area contributed by atoms with Gasteiger partial charge < -0.3 is 14.1 Å². The molecule has 8 nitrogen and oxygen atoms in total. The molecule has 2 heterocycles. The van der Waals surface area contributed by atoms with Gasteiger partial charge in [0, 0.05) is 31.5 Å². The van der Waals surface area contributed by atoms with E-state index in [-0.39, 0.29) is 29.9 Å². The maximum Gasteiger partial charge on any atom is 0.247 e. The largest absolute Gasteiger partial charge is 0.497 e. The number of sulfone groups is 1. The molecule has 1 aromatic heterocycles. The number of hydrogen-bond donors (Lipinski definition) is 0. The summed E-state index contributed by atoms with van der Waals surface area (Å²) < 4.78 is 33.8. The second-order valence-electron chi connectivity index (χ2n) is 6.29. The van der Waals surface area contributed by atoms with Gasteiger partial charge in [0.15, 0.2) is 9.84 Å². The zero-order valence-electron chi connectivity index (χ0n) is 14.7. The summed E-state index contributed by atoms with van der Waals surface area (Å²) in [5.41, 5.74) is 0.768. The lowest BCUT2D eigenvalue weighted by atomic mass is 10.2. The average molecular weight is 379 g/mol. The van der Waals surface area contributed by atoms with E-state index in [4.69, 9.17) is 9.15 Å². The summed E-state index contributed by atoms with van der Waals surface area (Å²) in [5, 5.41) is 7.97. The third-order valence-corrected chi connectivity index (χ3v) is 6.26. The molecule has 2 aromatic rings. The van der Waals surface area contributed by atoms with E-state index < -0.39 is 9.84 Å². The highest BCUT2D eigenvalue weighted by atomic mass is 32.2. The maximum absolute atomic E-state index is 12.3. The van der Waals surface area contributed by atoms with E-state index in [0.717, 1.165) is 11.3 Å².